The zero-order valence-electron chi connectivity index (χ0n) is 9.34. The van der Waals surface area contributed by atoms with Crippen LogP contribution in [0.2, 0.25) is 0 Å². The summed E-state index contributed by atoms with van der Waals surface area (Å²) < 4.78 is 10.2. The van der Waals surface area contributed by atoms with E-state index in [0.717, 1.165) is 19.4 Å². The van der Waals surface area contributed by atoms with Gasteiger partial charge in [-0.3, -0.25) is 0 Å². The van der Waals surface area contributed by atoms with Gasteiger partial charge in [0.1, 0.15) is 6.61 Å². The molecule has 0 amide bonds. The van der Waals surface area contributed by atoms with Crippen molar-refractivity contribution in [2.24, 2.45) is 0 Å². The molecule has 1 aliphatic rings. The Bertz CT molecular complexity index is 181. The van der Waals surface area contributed by atoms with E-state index in [0.29, 0.717) is 12.2 Å². The van der Waals surface area contributed by atoms with Crippen LogP contribution < -0.4 is 0 Å². The smallest absolute Gasteiger partial charge is 0.333 e. The van der Waals surface area contributed by atoms with Gasteiger partial charge in [-0.2, -0.15) is 0 Å². The summed E-state index contributed by atoms with van der Waals surface area (Å²) in [6.07, 6.45) is 2.16. The number of carbonyl (C=O) groups is 1. The van der Waals surface area contributed by atoms with Crippen molar-refractivity contribution in [2.45, 2.75) is 39.7 Å². The number of hydrogen-bond donors (Lipinski definition) is 0. The van der Waals surface area contributed by atoms with Crippen molar-refractivity contribution in [1.82, 2.24) is 0 Å². The van der Waals surface area contributed by atoms with Crippen molar-refractivity contribution in [3.8, 4) is 0 Å². The Labute approximate surface area is 86.1 Å². The van der Waals surface area contributed by atoms with E-state index < -0.39 is 0 Å². The highest BCUT2D eigenvalue weighted by atomic mass is 16.6. The van der Waals surface area contributed by atoms with Crippen molar-refractivity contribution < 1.29 is 14.3 Å². The second-order valence-corrected chi connectivity index (χ2v) is 3.01. The molecule has 0 spiro atoms. The van der Waals surface area contributed by atoms with Crippen LogP contribution in [0.1, 0.15) is 33.6 Å². The van der Waals surface area contributed by atoms with Crippen LogP contribution in [-0.4, -0.2) is 25.3 Å². The van der Waals surface area contributed by atoms with Crippen LogP contribution in [0.3, 0.4) is 0 Å². The Hall–Kier alpha value is -0.830. The van der Waals surface area contributed by atoms with Gasteiger partial charge in [-0.15, -0.1) is 0 Å². The Balaban J connectivity index is 0.000000791. The van der Waals surface area contributed by atoms with Crippen LogP contribution in [0, 0.1) is 0 Å². The second-order valence-electron chi connectivity index (χ2n) is 3.01. The number of ether oxygens (including phenoxy) is 2. The molecule has 3 nitrogen and oxygen atoms in total. The Morgan fingerprint density at radius 2 is 2.21 bits per heavy atom. The minimum Gasteiger partial charge on any atom is -0.460 e. The van der Waals surface area contributed by atoms with Gasteiger partial charge in [-0.05, 0) is 19.8 Å². The van der Waals surface area contributed by atoms with Crippen LogP contribution in [0.25, 0.3) is 0 Å². The van der Waals surface area contributed by atoms with Crippen LogP contribution in [0.4, 0.5) is 0 Å². The molecular weight excluding hydrogens is 180 g/mol. The predicted octanol–water partition coefficient (Wildman–Crippen LogP) is 2.31. The molecule has 0 aromatic heterocycles. The molecule has 0 aromatic carbocycles. The normalized spacial score (nSPS) is 19.5. The van der Waals surface area contributed by atoms with E-state index in [1.165, 1.54) is 0 Å². The highest BCUT2D eigenvalue weighted by Crippen LogP contribution is 2.12. The van der Waals surface area contributed by atoms with Crippen molar-refractivity contribution in [3.05, 3.63) is 12.2 Å². The second kappa shape index (κ2) is 7.56. The molecular formula is C11H20O3. The minimum absolute atomic E-state index is 0.105. The van der Waals surface area contributed by atoms with Gasteiger partial charge in [0.25, 0.3) is 0 Å². The fraction of sp³-hybridized carbons (Fsp3) is 0.727. The van der Waals surface area contributed by atoms with Crippen LogP contribution >= 0.6 is 0 Å². The van der Waals surface area contributed by atoms with Crippen molar-refractivity contribution >= 4 is 5.97 Å². The molecule has 14 heavy (non-hydrogen) atoms. The van der Waals surface area contributed by atoms with Crippen LogP contribution in [0.15, 0.2) is 12.2 Å². The summed E-state index contributed by atoms with van der Waals surface area (Å²) in [5.74, 6) is -0.328. The molecule has 3 heteroatoms. The Morgan fingerprint density at radius 1 is 1.57 bits per heavy atom. The lowest BCUT2D eigenvalue weighted by Gasteiger charge is -2.09. The molecule has 0 N–H and O–H groups in total. The molecule has 1 fully saturated rings. The largest absolute Gasteiger partial charge is 0.460 e. The quantitative estimate of drug-likeness (QED) is 0.518. The van der Waals surface area contributed by atoms with Gasteiger partial charge >= 0.3 is 5.97 Å². The summed E-state index contributed by atoms with van der Waals surface area (Å²) in [6.45, 7) is 10.3. The van der Waals surface area contributed by atoms with Crippen molar-refractivity contribution in [3.63, 3.8) is 0 Å². The summed E-state index contributed by atoms with van der Waals surface area (Å²) in [4.78, 5) is 10.9. The molecule has 82 valence electrons. The third-order valence-electron chi connectivity index (χ3n) is 1.77. The molecule has 1 heterocycles. The highest BCUT2D eigenvalue weighted by molar-refractivity contribution is 5.86. The van der Waals surface area contributed by atoms with E-state index in [4.69, 9.17) is 9.47 Å². The molecule has 1 saturated heterocycles. The molecule has 1 aliphatic heterocycles. The Kier molecular flexibility index (Phi) is 7.11. The number of hydrogen-bond acceptors (Lipinski definition) is 3. The summed E-state index contributed by atoms with van der Waals surface area (Å²) in [6, 6.07) is 0. The number of carbonyl (C=O) groups excluding carboxylic acids is 1. The predicted molar refractivity (Wildman–Crippen MR) is 56.1 cm³/mol. The maximum Gasteiger partial charge on any atom is 0.333 e. The van der Waals surface area contributed by atoms with Gasteiger partial charge in [0.05, 0.1) is 6.10 Å². The molecule has 0 aromatic rings. The third kappa shape index (κ3) is 5.02. The van der Waals surface area contributed by atoms with E-state index in [9.17, 15) is 4.79 Å². The molecule has 0 bridgehead atoms. The standard InChI is InChI=1S/C9H14O3.C2H6/c1-7(2)9(10)12-6-8-4-3-5-11-8;1-2/h8H,1,3-6H2,2H3;1-2H3. The zero-order chi connectivity index (χ0) is 11.0. The fourth-order valence-electron chi connectivity index (χ4n) is 1.07. The summed E-state index contributed by atoms with van der Waals surface area (Å²) in [5.41, 5.74) is 0.438. The minimum atomic E-state index is -0.328. The average Bonchev–Trinajstić information content (AvgIpc) is 2.69. The van der Waals surface area contributed by atoms with Crippen molar-refractivity contribution in [1.29, 1.82) is 0 Å². The van der Waals surface area contributed by atoms with Gasteiger partial charge < -0.3 is 9.47 Å². The molecule has 1 unspecified atom stereocenters. The molecule has 1 rings (SSSR count). The molecule has 0 radical (unpaired) electrons. The SMILES string of the molecule is C=C(C)C(=O)OCC1CCCO1.CC. The molecule has 1 atom stereocenters. The first kappa shape index (κ1) is 13.2. The van der Waals surface area contributed by atoms with Crippen molar-refractivity contribution in [2.75, 3.05) is 13.2 Å². The van der Waals surface area contributed by atoms with E-state index in [1.54, 1.807) is 6.92 Å². The fourth-order valence-corrected chi connectivity index (χ4v) is 1.07. The zero-order valence-corrected chi connectivity index (χ0v) is 9.34. The first-order chi connectivity index (χ1) is 6.70. The van der Waals surface area contributed by atoms with E-state index in [1.807, 2.05) is 13.8 Å². The van der Waals surface area contributed by atoms with Gasteiger partial charge in [0, 0.05) is 12.2 Å². The average molecular weight is 200 g/mol. The topological polar surface area (TPSA) is 35.5 Å². The first-order valence-electron chi connectivity index (χ1n) is 5.14. The van der Waals surface area contributed by atoms with Crippen LogP contribution in [-0.2, 0) is 14.3 Å². The van der Waals surface area contributed by atoms with Gasteiger partial charge in [0.2, 0.25) is 0 Å². The van der Waals surface area contributed by atoms with E-state index in [-0.39, 0.29) is 12.1 Å². The number of esters is 1. The third-order valence-corrected chi connectivity index (χ3v) is 1.77. The van der Waals surface area contributed by atoms with E-state index in [2.05, 4.69) is 6.58 Å². The lowest BCUT2D eigenvalue weighted by molar-refractivity contribution is -0.142. The van der Waals surface area contributed by atoms with Gasteiger partial charge in [0.15, 0.2) is 0 Å². The molecule has 0 saturated carbocycles. The molecule has 0 aliphatic carbocycles. The summed E-state index contributed by atoms with van der Waals surface area (Å²) in [7, 11) is 0. The Morgan fingerprint density at radius 3 is 2.64 bits per heavy atom. The highest BCUT2D eigenvalue weighted by Gasteiger charge is 2.17. The maximum atomic E-state index is 10.9. The van der Waals surface area contributed by atoms with Crippen LogP contribution in [0.5, 0.6) is 0 Å². The van der Waals surface area contributed by atoms with Gasteiger partial charge in [-0.25, -0.2) is 4.79 Å². The van der Waals surface area contributed by atoms with Gasteiger partial charge in [-0.1, -0.05) is 20.4 Å². The lowest BCUT2D eigenvalue weighted by atomic mass is 10.2. The maximum absolute atomic E-state index is 10.9. The summed E-state index contributed by atoms with van der Waals surface area (Å²) in [5, 5.41) is 0. The lowest BCUT2D eigenvalue weighted by Crippen LogP contribution is -2.17. The van der Waals surface area contributed by atoms with E-state index >= 15 is 0 Å². The summed E-state index contributed by atoms with van der Waals surface area (Å²) >= 11 is 0. The monoisotopic (exact) mass is 200 g/mol. The number of rotatable bonds is 3. The first-order valence-corrected chi connectivity index (χ1v) is 5.14.